The lowest BCUT2D eigenvalue weighted by Crippen LogP contribution is -2.17. The Hall–Kier alpha value is -7.84. The molecule has 0 aromatic heterocycles. The molecule has 0 unspecified atom stereocenters. The highest BCUT2D eigenvalue weighted by atomic mass is 16.5. The van der Waals surface area contributed by atoms with Crippen LogP contribution in [0.3, 0.4) is 0 Å². The number of para-hydroxylation sites is 8. The van der Waals surface area contributed by atoms with E-state index in [1.165, 1.54) is 0 Å². The van der Waals surface area contributed by atoms with Gasteiger partial charge in [0.1, 0.15) is 98.9 Å². The highest BCUT2D eigenvalue weighted by molar-refractivity contribution is 5.59. The molecule has 8 heteroatoms. The predicted molar refractivity (Wildman–Crippen MR) is 278 cm³/mol. The van der Waals surface area contributed by atoms with Crippen LogP contribution in [-0.4, -0.2) is 52.9 Å². The molecule has 0 spiro atoms. The molecule has 24 bridgehead atoms. The third-order valence-corrected chi connectivity index (χ3v) is 14.8. The van der Waals surface area contributed by atoms with Gasteiger partial charge in [-0.05, 0) is 89.0 Å². The van der Waals surface area contributed by atoms with Gasteiger partial charge in [-0.1, -0.05) is 146 Å². The van der Waals surface area contributed by atoms with Crippen LogP contribution in [0.2, 0.25) is 0 Å². The van der Waals surface area contributed by atoms with E-state index in [9.17, 15) is 0 Å². The van der Waals surface area contributed by atoms with E-state index >= 15 is 0 Å². The molecule has 72 heavy (non-hydrogen) atoms. The van der Waals surface area contributed by atoms with E-state index in [1.807, 2.05) is 0 Å². The van der Waals surface area contributed by atoms with E-state index in [1.54, 1.807) is 0 Å². The van der Waals surface area contributed by atoms with Crippen LogP contribution in [0.25, 0.3) is 0 Å². The minimum Gasteiger partial charge on any atom is -0.489 e. The van der Waals surface area contributed by atoms with Gasteiger partial charge in [0.25, 0.3) is 0 Å². The minimum absolute atomic E-state index is 0.331. The van der Waals surface area contributed by atoms with Crippen molar-refractivity contribution >= 4 is 0 Å². The first-order valence-electron chi connectivity index (χ1n) is 25.6. The second-order valence-corrected chi connectivity index (χ2v) is 19.4. The lowest BCUT2D eigenvalue weighted by Gasteiger charge is -2.25. The van der Waals surface area contributed by atoms with Gasteiger partial charge in [0.05, 0.1) is 0 Å². The molecule has 4 heterocycles. The summed E-state index contributed by atoms with van der Waals surface area (Å²) in [6.45, 7) is 2.65. The average Bonchev–Trinajstić information content (AvgIpc) is 3.38. The Morgan fingerprint density at radius 2 is 0.250 bits per heavy atom. The predicted octanol–water partition coefficient (Wildman–Crippen LogP) is 11.8. The van der Waals surface area contributed by atoms with Crippen LogP contribution in [-0.2, 0) is 51.4 Å². The maximum atomic E-state index is 7.07. The summed E-state index contributed by atoms with van der Waals surface area (Å²) >= 11 is 0. The highest BCUT2D eigenvalue weighted by Gasteiger charge is 2.26. The molecule has 0 saturated heterocycles. The third kappa shape index (κ3) is 8.63. The fourth-order valence-electron chi connectivity index (χ4n) is 11.6. The lowest BCUT2D eigenvalue weighted by atomic mass is 9.91. The Balaban J connectivity index is 1.10. The monoisotopic (exact) mass is 952 g/mol. The van der Waals surface area contributed by atoms with E-state index in [0.29, 0.717) is 104 Å². The van der Waals surface area contributed by atoms with Crippen molar-refractivity contribution in [3.8, 4) is 46.0 Å². The van der Waals surface area contributed by atoms with E-state index in [4.69, 9.17) is 37.9 Å². The second-order valence-electron chi connectivity index (χ2n) is 19.4. The number of ether oxygens (including phenoxy) is 8. The molecule has 0 N–H and O–H groups in total. The molecule has 0 amide bonds. The Kier molecular flexibility index (Phi) is 11.9. The average molecular weight is 953 g/mol. The Labute approximate surface area is 421 Å². The Morgan fingerprint density at radius 3 is 0.347 bits per heavy atom. The van der Waals surface area contributed by atoms with Crippen LogP contribution >= 0.6 is 0 Å². The summed E-state index contributed by atoms with van der Waals surface area (Å²) in [5.41, 5.74) is 17.1. The van der Waals surface area contributed by atoms with Gasteiger partial charge in [-0.25, -0.2) is 0 Å². The number of rotatable bonds is 0. The van der Waals surface area contributed by atoms with Gasteiger partial charge in [-0.3, -0.25) is 0 Å². The quantitative estimate of drug-likeness (QED) is 0.149. The van der Waals surface area contributed by atoms with Crippen LogP contribution in [0.4, 0.5) is 0 Å². The topological polar surface area (TPSA) is 73.8 Å². The van der Waals surface area contributed by atoms with Gasteiger partial charge in [0, 0.05) is 51.4 Å². The van der Waals surface area contributed by atoms with Crippen LogP contribution in [0, 0.1) is 0 Å². The first kappa shape index (κ1) is 44.1. The Bertz CT molecular complexity index is 2530. The van der Waals surface area contributed by atoms with Crippen molar-refractivity contribution in [2.75, 3.05) is 52.9 Å². The summed E-state index contributed by atoms with van der Waals surface area (Å²) in [6.07, 6.45) is 4.65. The van der Waals surface area contributed by atoms with Crippen molar-refractivity contribution in [1.82, 2.24) is 0 Å². The largest absolute Gasteiger partial charge is 0.489 e. The first-order valence-corrected chi connectivity index (χ1v) is 25.6. The molecule has 8 aromatic rings. The van der Waals surface area contributed by atoms with Crippen LogP contribution in [0.15, 0.2) is 146 Å². The van der Waals surface area contributed by atoms with Crippen LogP contribution < -0.4 is 37.9 Å². The number of fused-ring (bicyclic) bond motifs is 12. The van der Waals surface area contributed by atoms with Gasteiger partial charge in [0.2, 0.25) is 0 Å². The summed E-state index contributed by atoms with van der Waals surface area (Å²) < 4.78 is 56.6. The Morgan fingerprint density at radius 1 is 0.153 bits per heavy atom. The molecular weight excluding hydrogens is 897 g/mol. The number of hydrogen-bond donors (Lipinski definition) is 0. The zero-order valence-corrected chi connectivity index (χ0v) is 40.4. The maximum absolute atomic E-state index is 7.07. The molecular formula is C64H56O8. The normalized spacial score (nSPS) is 15.8. The van der Waals surface area contributed by atoms with Gasteiger partial charge in [0.15, 0.2) is 0 Å². The second kappa shape index (κ2) is 19.4. The van der Waals surface area contributed by atoms with Crippen LogP contribution in [0.1, 0.15) is 89.0 Å². The standard InChI is InChI=1S/C64H56O8/c1-9-41-33-43-11-2-13-45-35-47-15-4-16-48-36-46-14-3-12-44-34-42(10-1)57(41)65-25-26-68-60-49-17-5-18-50(60)38-52-20-7-22-54(63(52)70-30-28-67-59(44)46)40-56-24-8-23-55(64(56)72-32-31-71-61(47)48)39-53-21-6-19-51(37-49)62(53)69-29-27-66-58(43)45/h1-24H,25-40H2. The molecule has 360 valence electrons. The molecule has 0 saturated carbocycles. The maximum Gasteiger partial charge on any atom is 0.126 e. The molecule has 0 radical (unpaired) electrons. The molecule has 14 rings (SSSR count). The summed E-state index contributed by atoms with van der Waals surface area (Å²) in [5.74, 6) is 6.82. The summed E-state index contributed by atoms with van der Waals surface area (Å²) in [4.78, 5) is 0. The van der Waals surface area contributed by atoms with Crippen molar-refractivity contribution in [2.24, 2.45) is 0 Å². The zero-order valence-electron chi connectivity index (χ0n) is 40.4. The molecule has 8 aromatic carbocycles. The fourth-order valence-corrected chi connectivity index (χ4v) is 11.6. The fraction of sp³-hybridized carbons (Fsp3) is 0.250. The molecule has 6 aliphatic rings. The van der Waals surface area contributed by atoms with Crippen molar-refractivity contribution in [3.63, 3.8) is 0 Å². The zero-order chi connectivity index (χ0) is 47.8. The van der Waals surface area contributed by atoms with E-state index in [2.05, 4.69) is 146 Å². The van der Waals surface area contributed by atoms with E-state index < -0.39 is 0 Å². The summed E-state index contributed by atoms with van der Waals surface area (Å²) in [5, 5.41) is 0. The molecule has 0 fully saturated rings. The third-order valence-electron chi connectivity index (χ3n) is 14.8. The van der Waals surface area contributed by atoms with Gasteiger partial charge < -0.3 is 37.9 Å². The van der Waals surface area contributed by atoms with Crippen molar-refractivity contribution in [1.29, 1.82) is 0 Å². The van der Waals surface area contributed by atoms with Crippen molar-refractivity contribution < 1.29 is 37.9 Å². The molecule has 2 aliphatic carbocycles. The molecule has 8 nitrogen and oxygen atoms in total. The lowest BCUT2D eigenvalue weighted by molar-refractivity contribution is 0.207. The highest BCUT2D eigenvalue weighted by Crippen LogP contribution is 2.42. The smallest absolute Gasteiger partial charge is 0.126 e. The minimum atomic E-state index is 0.331. The van der Waals surface area contributed by atoms with Crippen LogP contribution in [0.5, 0.6) is 46.0 Å². The van der Waals surface area contributed by atoms with Gasteiger partial charge in [-0.15, -0.1) is 0 Å². The van der Waals surface area contributed by atoms with Gasteiger partial charge in [-0.2, -0.15) is 0 Å². The molecule has 0 atom stereocenters. The number of benzene rings is 8. The summed E-state index contributed by atoms with van der Waals surface area (Å²) in [7, 11) is 0. The van der Waals surface area contributed by atoms with Crippen molar-refractivity contribution in [3.05, 3.63) is 235 Å². The SMILES string of the molecule is c1cc2c3c(c1)Cc1cccc4c1OCCOc1c5cccc1Cc1cccc6c1OCCOc1c(cccc1C4)Cc1cccc(c1OCCOc1c(cccc1C6)Cc1cccc(c1OCCO3)C5)C2. The number of hydrogen-bond acceptors (Lipinski definition) is 8. The van der Waals surface area contributed by atoms with E-state index in [-0.39, 0.29) is 0 Å². The summed E-state index contributed by atoms with van der Waals surface area (Å²) in [6, 6.07) is 52.2. The molecule has 4 aliphatic heterocycles. The van der Waals surface area contributed by atoms with Gasteiger partial charge >= 0.3 is 0 Å². The van der Waals surface area contributed by atoms with Crippen molar-refractivity contribution in [2.45, 2.75) is 51.4 Å². The first-order chi connectivity index (χ1) is 35.7. The van der Waals surface area contributed by atoms with E-state index in [0.717, 1.165) is 135 Å².